The number of piperazine rings is 1. The zero-order chi connectivity index (χ0) is 18.0. The van der Waals surface area contributed by atoms with Gasteiger partial charge in [-0.15, -0.1) is 11.3 Å². The Morgan fingerprint density at radius 2 is 1.96 bits per heavy atom. The molecular formula is C17H18F3N3OS. The third-order valence-electron chi connectivity index (χ3n) is 4.21. The molecule has 1 aliphatic heterocycles. The fourth-order valence-corrected chi connectivity index (χ4v) is 3.63. The Hall–Kier alpha value is -1.93. The molecule has 1 aromatic heterocycles. The van der Waals surface area contributed by atoms with Crippen LogP contribution >= 0.6 is 11.3 Å². The first-order valence-electron chi connectivity index (χ1n) is 7.93. The molecule has 3 rings (SSSR count). The molecule has 2 aromatic rings. The number of alkyl halides is 3. The van der Waals surface area contributed by atoms with E-state index >= 15 is 0 Å². The summed E-state index contributed by atoms with van der Waals surface area (Å²) in [5.74, 6) is 0.0840. The molecule has 4 nitrogen and oxygen atoms in total. The van der Waals surface area contributed by atoms with E-state index in [-0.39, 0.29) is 5.91 Å². The van der Waals surface area contributed by atoms with E-state index in [0.29, 0.717) is 30.9 Å². The summed E-state index contributed by atoms with van der Waals surface area (Å²) in [7, 11) is 0. The van der Waals surface area contributed by atoms with Crippen molar-refractivity contribution in [2.75, 3.05) is 26.2 Å². The van der Waals surface area contributed by atoms with E-state index in [1.807, 2.05) is 4.90 Å². The minimum atomic E-state index is -4.36. The summed E-state index contributed by atoms with van der Waals surface area (Å²) < 4.78 is 38.5. The molecule has 0 spiro atoms. The molecule has 1 saturated heterocycles. The monoisotopic (exact) mass is 369 g/mol. The number of rotatable bonds is 3. The first kappa shape index (κ1) is 17.9. The molecule has 0 atom stereocenters. The molecule has 2 heterocycles. The fraction of sp³-hybridized carbons (Fsp3) is 0.412. The third-order valence-corrected chi connectivity index (χ3v) is 5.05. The number of carbonyl (C=O) groups excluding carboxylic acids is 1. The van der Waals surface area contributed by atoms with Crippen molar-refractivity contribution in [1.29, 1.82) is 0 Å². The van der Waals surface area contributed by atoms with Crippen molar-refractivity contribution in [3.63, 3.8) is 0 Å². The van der Waals surface area contributed by atoms with E-state index in [2.05, 4.69) is 9.88 Å². The second kappa shape index (κ2) is 7.13. The number of nitrogens with zero attached hydrogens (tertiary/aromatic N) is 3. The number of hydrogen-bond donors (Lipinski definition) is 0. The molecule has 8 heteroatoms. The summed E-state index contributed by atoms with van der Waals surface area (Å²) >= 11 is 1.44. The lowest BCUT2D eigenvalue weighted by atomic mass is 10.1. The van der Waals surface area contributed by atoms with E-state index in [0.717, 1.165) is 30.2 Å². The molecular weight excluding hydrogens is 351 g/mol. The van der Waals surface area contributed by atoms with Gasteiger partial charge >= 0.3 is 6.18 Å². The Balaban J connectivity index is 1.66. The van der Waals surface area contributed by atoms with Crippen LogP contribution in [0.25, 0.3) is 11.3 Å². The second-order valence-electron chi connectivity index (χ2n) is 5.99. The highest BCUT2D eigenvalue weighted by molar-refractivity contribution is 7.09. The van der Waals surface area contributed by atoms with Crippen molar-refractivity contribution in [2.45, 2.75) is 19.6 Å². The Kier molecular flexibility index (Phi) is 5.10. The second-order valence-corrected chi connectivity index (χ2v) is 6.93. The first-order valence-corrected chi connectivity index (χ1v) is 8.81. The Bertz CT molecular complexity index is 752. The van der Waals surface area contributed by atoms with Crippen LogP contribution in [-0.2, 0) is 17.5 Å². The number of thiazole rings is 1. The van der Waals surface area contributed by atoms with Gasteiger partial charge in [0.2, 0.25) is 5.91 Å². The smallest absolute Gasteiger partial charge is 0.340 e. The van der Waals surface area contributed by atoms with E-state index in [4.69, 9.17) is 0 Å². The van der Waals surface area contributed by atoms with Crippen molar-refractivity contribution < 1.29 is 18.0 Å². The summed E-state index contributed by atoms with van der Waals surface area (Å²) in [6.45, 7) is 5.16. The van der Waals surface area contributed by atoms with E-state index in [1.165, 1.54) is 17.4 Å². The maximum atomic E-state index is 12.8. The minimum absolute atomic E-state index is 0.0840. The van der Waals surface area contributed by atoms with Gasteiger partial charge in [-0.05, 0) is 12.1 Å². The molecule has 0 bridgehead atoms. The third kappa shape index (κ3) is 4.38. The van der Waals surface area contributed by atoms with Gasteiger partial charge in [0.05, 0.1) is 17.8 Å². The lowest BCUT2D eigenvalue weighted by molar-refractivity contribution is -0.137. The quantitative estimate of drug-likeness (QED) is 0.831. The van der Waals surface area contributed by atoms with Gasteiger partial charge in [0.15, 0.2) is 0 Å². The SMILES string of the molecule is CC(=O)N1CCN(Cc2nc(-c3cccc(C(F)(F)F)c3)cs2)CC1. The van der Waals surface area contributed by atoms with Crippen LogP contribution in [0.2, 0.25) is 0 Å². The molecule has 0 unspecified atom stereocenters. The molecule has 1 fully saturated rings. The number of halogens is 3. The van der Waals surface area contributed by atoms with E-state index in [9.17, 15) is 18.0 Å². The lowest BCUT2D eigenvalue weighted by Gasteiger charge is -2.33. The Morgan fingerprint density at radius 1 is 1.24 bits per heavy atom. The van der Waals surface area contributed by atoms with Crippen LogP contribution in [0, 0.1) is 0 Å². The van der Waals surface area contributed by atoms with Gasteiger partial charge in [0.25, 0.3) is 0 Å². The fourth-order valence-electron chi connectivity index (χ4n) is 2.78. The standard InChI is InChI=1S/C17H18F3N3OS/c1-12(24)23-7-5-22(6-8-23)10-16-21-15(11-25-16)13-3-2-4-14(9-13)17(18,19)20/h2-4,9,11H,5-8,10H2,1H3. The van der Waals surface area contributed by atoms with Gasteiger partial charge < -0.3 is 4.90 Å². The largest absolute Gasteiger partial charge is 0.416 e. The zero-order valence-electron chi connectivity index (χ0n) is 13.7. The van der Waals surface area contributed by atoms with Crippen LogP contribution in [0.5, 0.6) is 0 Å². The van der Waals surface area contributed by atoms with E-state index in [1.54, 1.807) is 18.4 Å². The number of aromatic nitrogens is 1. The van der Waals surface area contributed by atoms with Crippen molar-refractivity contribution >= 4 is 17.2 Å². The lowest BCUT2D eigenvalue weighted by Crippen LogP contribution is -2.47. The van der Waals surface area contributed by atoms with Crippen LogP contribution in [0.15, 0.2) is 29.6 Å². The summed E-state index contributed by atoms with van der Waals surface area (Å²) in [6, 6.07) is 5.23. The average Bonchev–Trinajstić information content (AvgIpc) is 3.03. The van der Waals surface area contributed by atoms with Crippen molar-refractivity contribution in [1.82, 2.24) is 14.8 Å². The molecule has 0 N–H and O–H groups in total. The summed E-state index contributed by atoms with van der Waals surface area (Å²) in [5.41, 5.74) is 0.368. The Labute approximate surface area is 147 Å². The van der Waals surface area contributed by atoms with Crippen molar-refractivity contribution in [2.24, 2.45) is 0 Å². The first-order chi connectivity index (χ1) is 11.8. The van der Waals surface area contributed by atoms with E-state index < -0.39 is 11.7 Å². The van der Waals surface area contributed by atoms with Crippen molar-refractivity contribution in [3.05, 3.63) is 40.2 Å². The summed E-state index contributed by atoms with van der Waals surface area (Å²) in [6.07, 6.45) is -4.36. The molecule has 1 aromatic carbocycles. The topological polar surface area (TPSA) is 36.4 Å². The number of carbonyl (C=O) groups is 1. The molecule has 1 aliphatic rings. The molecule has 134 valence electrons. The van der Waals surface area contributed by atoms with Crippen LogP contribution in [0.4, 0.5) is 13.2 Å². The molecule has 1 amide bonds. The van der Waals surface area contributed by atoms with Gasteiger partial charge in [-0.2, -0.15) is 13.2 Å². The number of benzene rings is 1. The average molecular weight is 369 g/mol. The van der Waals surface area contributed by atoms with Crippen LogP contribution < -0.4 is 0 Å². The molecule has 25 heavy (non-hydrogen) atoms. The number of amides is 1. The number of hydrogen-bond acceptors (Lipinski definition) is 4. The van der Waals surface area contributed by atoms with Gasteiger partial charge in [-0.1, -0.05) is 12.1 Å². The van der Waals surface area contributed by atoms with Crippen LogP contribution in [-0.4, -0.2) is 46.9 Å². The van der Waals surface area contributed by atoms with Crippen LogP contribution in [0.3, 0.4) is 0 Å². The summed E-state index contributed by atoms with van der Waals surface area (Å²) in [4.78, 5) is 19.8. The van der Waals surface area contributed by atoms with Gasteiger partial charge in [0, 0.05) is 44.0 Å². The molecule has 0 saturated carbocycles. The zero-order valence-corrected chi connectivity index (χ0v) is 14.5. The highest BCUT2D eigenvalue weighted by Crippen LogP contribution is 2.32. The maximum absolute atomic E-state index is 12.8. The van der Waals surface area contributed by atoms with Crippen molar-refractivity contribution in [3.8, 4) is 11.3 Å². The van der Waals surface area contributed by atoms with Gasteiger partial charge in [-0.3, -0.25) is 9.69 Å². The normalized spacial score (nSPS) is 16.2. The summed E-state index contributed by atoms with van der Waals surface area (Å²) in [5, 5.41) is 2.65. The van der Waals surface area contributed by atoms with Gasteiger partial charge in [0.1, 0.15) is 5.01 Å². The molecule has 0 radical (unpaired) electrons. The highest BCUT2D eigenvalue weighted by Gasteiger charge is 2.30. The molecule has 0 aliphatic carbocycles. The minimum Gasteiger partial charge on any atom is -0.340 e. The Morgan fingerprint density at radius 3 is 2.60 bits per heavy atom. The predicted octanol–water partition coefficient (Wildman–Crippen LogP) is 3.49. The van der Waals surface area contributed by atoms with Gasteiger partial charge in [-0.25, -0.2) is 4.98 Å². The predicted molar refractivity (Wildman–Crippen MR) is 90.1 cm³/mol. The highest BCUT2D eigenvalue weighted by atomic mass is 32.1. The maximum Gasteiger partial charge on any atom is 0.416 e. The van der Waals surface area contributed by atoms with Crippen LogP contribution in [0.1, 0.15) is 17.5 Å².